The number of benzene rings is 2. The Bertz CT molecular complexity index is 2020. The van der Waals surface area contributed by atoms with Gasteiger partial charge in [-0.05, 0) is 44.2 Å². The highest BCUT2D eigenvalue weighted by Crippen LogP contribution is 2.26. The number of hydrogen-bond donors (Lipinski definition) is 7. The number of rotatable bonds is 16. The molecule has 4 atom stereocenters. The van der Waals surface area contributed by atoms with Gasteiger partial charge in [0, 0.05) is 60.5 Å². The number of carboxylic acids is 1. The zero-order valence-corrected chi connectivity index (χ0v) is 29.0. The molecule has 53 heavy (non-hydrogen) atoms. The van der Waals surface area contributed by atoms with Gasteiger partial charge in [-0.1, -0.05) is 36.4 Å². The molecule has 0 saturated carbocycles. The first-order chi connectivity index (χ1) is 25.7. The molecule has 5 aromatic rings. The molecule has 6 rings (SSSR count). The summed E-state index contributed by atoms with van der Waals surface area (Å²) in [6.45, 7) is 0.618. The molecule has 16 nitrogen and oxygen atoms in total. The van der Waals surface area contributed by atoms with E-state index in [-0.39, 0.29) is 31.7 Å². The van der Waals surface area contributed by atoms with Crippen LogP contribution < -0.4 is 21.7 Å². The summed E-state index contributed by atoms with van der Waals surface area (Å²) in [5.74, 6) is -3.12. The smallest absolute Gasteiger partial charge is 0.326 e. The first-order valence-corrected chi connectivity index (χ1v) is 17.6. The fourth-order valence-corrected chi connectivity index (χ4v) is 6.71. The quantitative estimate of drug-likeness (QED) is 0.0573. The number of nitrogens with two attached hydrogens (primary N) is 1. The molecule has 4 amide bonds. The van der Waals surface area contributed by atoms with E-state index in [1.54, 1.807) is 6.20 Å². The zero-order chi connectivity index (χ0) is 37.3. The lowest BCUT2D eigenvalue weighted by Gasteiger charge is -2.28. The SMILES string of the molecule is N[C@@H](Cc1cnc[nH]1)C(=O)N1CCC[C@H]1C(=O)N[C@@H](Cc1cnc[nH]1)C(=O)N[C@@H](CCCCNC(=O)c1c2ccccc2nc2ccccc12)C(=O)O. The van der Waals surface area contributed by atoms with Crippen LogP contribution in [0.1, 0.15) is 53.8 Å². The van der Waals surface area contributed by atoms with Crippen molar-refractivity contribution >= 4 is 51.4 Å². The maximum atomic E-state index is 13.6. The Kier molecular flexibility index (Phi) is 11.7. The number of carboxylic acid groups (broad SMARTS) is 1. The molecule has 2 aromatic carbocycles. The fraction of sp³-hybridized carbons (Fsp3) is 0.351. The Morgan fingerprint density at radius 3 is 2.13 bits per heavy atom. The Balaban J connectivity index is 1.05. The lowest BCUT2D eigenvalue weighted by Crippen LogP contribution is -2.57. The highest BCUT2D eigenvalue weighted by Gasteiger charge is 2.38. The number of aromatic amines is 2. The van der Waals surface area contributed by atoms with E-state index in [9.17, 15) is 29.1 Å². The number of fused-ring (bicyclic) bond motifs is 2. The highest BCUT2D eigenvalue weighted by atomic mass is 16.4. The number of likely N-dealkylation sites (tertiary alicyclic amines) is 1. The van der Waals surface area contributed by atoms with Crippen LogP contribution in [0.25, 0.3) is 21.8 Å². The first kappa shape index (κ1) is 36.6. The number of aliphatic carboxylic acids is 1. The maximum Gasteiger partial charge on any atom is 0.326 e. The number of H-pyrrole nitrogens is 2. The van der Waals surface area contributed by atoms with Crippen molar-refractivity contribution in [1.29, 1.82) is 0 Å². The second-order valence-corrected chi connectivity index (χ2v) is 13.1. The summed E-state index contributed by atoms with van der Waals surface area (Å²) in [6, 6.07) is 10.7. The summed E-state index contributed by atoms with van der Waals surface area (Å²) >= 11 is 0. The number of para-hydroxylation sites is 2. The van der Waals surface area contributed by atoms with E-state index >= 15 is 0 Å². The number of unbranched alkanes of at least 4 members (excludes halogenated alkanes) is 1. The molecule has 3 aromatic heterocycles. The largest absolute Gasteiger partial charge is 0.480 e. The van der Waals surface area contributed by atoms with Crippen LogP contribution in [-0.4, -0.2) is 102 Å². The van der Waals surface area contributed by atoms with Crippen LogP contribution >= 0.6 is 0 Å². The van der Waals surface area contributed by atoms with Crippen LogP contribution in [0.15, 0.2) is 73.6 Å². The van der Waals surface area contributed by atoms with Gasteiger partial charge in [0.25, 0.3) is 5.91 Å². The number of carbonyl (C=O) groups is 5. The van der Waals surface area contributed by atoms with E-state index in [0.29, 0.717) is 60.2 Å². The van der Waals surface area contributed by atoms with Crippen LogP contribution in [0.4, 0.5) is 0 Å². The van der Waals surface area contributed by atoms with E-state index in [4.69, 9.17) is 5.73 Å². The minimum atomic E-state index is -1.25. The molecule has 0 radical (unpaired) electrons. The van der Waals surface area contributed by atoms with Crippen LogP contribution in [0, 0.1) is 0 Å². The van der Waals surface area contributed by atoms with Gasteiger partial charge in [-0.25, -0.2) is 19.7 Å². The van der Waals surface area contributed by atoms with E-state index in [0.717, 1.165) is 10.8 Å². The topological polar surface area (TPSA) is 241 Å². The highest BCUT2D eigenvalue weighted by molar-refractivity contribution is 6.16. The van der Waals surface area contributed by atoms with Gasteiger partial charge >= 0.3 is 5.97 Å². The van der Waals surface area contributed by atoms with Gasteiger partial charge in [-0.15, -0.1) is 0 Å². The van der Waals surface area contributed by atoms with E-state index < -0.39 is 47.9 Å². The molecule has 8 N–H and O–H groups in total. The molecule has 0 bridgehead atoms. The summed E-state index contributed by atoms with van der Waals surface area (Å²) < 4.78 is 0. The van der Waals surface area contributed by atoms with Gasteiger partial charge < -0.3 is 41.7 Å². The number of nitrogens with zero attached hydrogens (tertiary/aromatic N) is 4. The summed E-state index contributed by atoms with van der Waals surface area (Å²) in [5.41, 5.74) is 9.36. The molecule has 0 spiro atoms. The average molecular weight is 723 g/mol. The van der Waals surface area contributed by atoms with Gasteiger partial charge in [0.1, 0.15) is 18.1 Å². The summed E-state index contributed by atoms with van der Waals surface area (Å²) in [7, 11) is 0. The summed E-state index contributed by atoms with van der Waals surface area (Å²) in [5, 5.41) is 19.7. The van der Waals surface area contributed by atoms with Crippen LogP contribution in [-0.2, 0) is 32.0 Å². The third kappa shape index (κ3) is 8.84. The van der Waals surface area contributed by atoms with Crippen molar-refractivity contribution in [3.8, 4) is 0 Å². The minimum Gasteiger partial charge on any atom is -0.480 e. The van der Waals surface area contributed by atoms with Gasteiger partial charge in [-0.3, -0.25) is 19.2 Å². The molecular weight excluding hydrogens is 680 g/mol. The number of carbonyl (C=O) groups excluding carboxylic acids is 4. The number of pyridine rings is 1. The van der Waals surface area contributed by atoms with E-state index in [1.165, 1.54) is 23.8 Å². The average Bonchev–Trinajstić information content (AvgIpc) is 3.97. The third-order valence-corrected chi connectivity index (χ3v) is 9.40. The van der Waals surface area contributed by atoms with Crippen molar-refractivity contribution in [2.24, 2.45) is 5.73 Å². The molecule has 4 heterocycles. The first-order valence-electron chi connectivity index (χ1n) is 17.6. The number of amides is 4. The Morgan fingerprint density at radius 2 is 1.51 bits per heavy atom. The lowest BCUT2D eigenvalue weighted by molar-refractivity contribution is -0.143. The molecule has 0 aliphatic carbocycles. The number of aromatic nitrogens is 5. The van der Waals surface area contributed by atoms with E-state index in [1.807, 2.05) is 48.5 Å². The van der Waals surface area contributed by atoms with Crippen LogP contribution in [0.3, 0.4) is 0 Å². The monoisotopic (exact) mass is 722 g/mol. The minimum absolute atomic E-state index is 0.00825. The molecule has 1 aliphatic rings. The fourth-order valence-electron chi connectivity index (χ4n) is 6.71. The Labute approximate surface area is 304 Å². The summed E-state index contributed by atoms with van der Waals surface area (Å²) in [6.07, 6.45) is 8.12. The van der Waals surface area contributed by atoms with Gasteiger partial charge in [-0.2, -0.15) is 0 Å². The second-order valence-electron chi connectivity index (χ2n) is 13.1. The van der Waals surface area contributed by atoms with Crippen molar-refractivity contribution in [3.05, 3.63) is 90.5 Å². The molecule has 16 heteroatoms. The van der Waals surface area contributed by atoms with Gasteiger partial charge in [0.05, 0.1) is 35.3 Å². The summed E-state index contributed by atoms with van der Waals surface area (Å²) in [4.78, 5) is 85.9. The normalized spacial score (nSPS) is 15.9. The number of imidazole rings is 2. The molecule has 1 fully saturated rings. The van der Waals surface area contributed by atoms with Crippen LogP contribution in [0.2, 0.25) is 0 Å². The Hall–Kier alpha value is -6.16. The molecule has 276 valence electrons. The number of nitrogens with one attached hydrogen (secondary N) is 5. The molecule has 1 saturated heterocycles. The van der Waals surface area contributed by atoms with Gasteiger partial charge in [0.2, 0.25) is 17.7 Å². The van der Waals surface area contributed by atoms with Crippen molar-refractivity contribution < 1.29 is 29.1 Å². The predicted molar refractivity (Wildman–Crippen MR) is 194 cm³/mol. The maximum absolute atomic E-state index is 13.6. The molecule has 0 unspecified atom stereocenters. The van der Waals surface area contributed by atoms with Crippen molar-refractivity contribution in [3.63, 3.8) is 0 Å². The standard InChI is InChI=1S/C37H42N10O6/c38-26(16-22-18-39-20-42-22)36(51)47-15-7-13-31(47)34(49)46-30(17-23-19-40-21-43-23)33(48)45-29(37(52)53)12-5-6-14-41-35(50)32-24-8-1-3-10-27(24)44-28-11-4-2-9-25(28)32/h1-4,8-11,18-21,26,29-31H,5-7,12-17,38H2,(H,39,42)(H,40,43)(H,41,50)(H,45,48)(H,46,49)(H,52,53)/t26-,29-,30-,31-/m0/s1. The molecule has 1 aliphatic heterocycles. The van der Waals surface area contributed by atoms with Crippen molar-refractivity contribution in [2.75, 3.05) is 13.1 Å². The van der Waals surface area contributed by atoms with Crippen molar-refractivity contribution in [1.82, 2.24) is 45.8 Å². The van der Waals surface area contributed by atoms with Crippen LogP contribution in [0.5, 0.6) is 0 Å². The third-order valence-electron chi connectivity index (χ3n) is 9.40. The van der Waals surface area contributed by atoms with E-state index in [2.05, 4.69) is 40.9 Å². The van der Waals surface area contributed by atoms with Gasteiger partial charge in [0.15, 0.2) is 0 Å². The number of hydrogen-bond acceptors (Lipinski definition) is 9. The molecular formula is C37H42N10O6. The Morgan fingerprint density at radius 1 is 0.868 bits per heavy atom. The predicted octanol–water partition coefficient (Wildman–Crippen LogP) is 1.59. The zero-order valence-electron chi connectivity index (χ0n) is 29.0. The second kappa shape index (κ2) is 16.9. The lowest BCUT2D eigenvalue weighted by atomic mass is 10.0. The van der Waals surface area contributed by atoms with Crippen molar-refractivity contribution in [2.45, 2.75) is 69.1 Å².